The van der Waals surface area contributed by atoms with Gasteiger partial charge in [0.25, 0.3) is 0 Å². The minimum atomic E-state index is -3.71. The van der Waals surface area contributed by atoms with Crippen molar-refractivity contribution in [2.75, 3.05) is 6.61 Å². The van der Waals surface area contributed by atoms with Crippen molar-refractivity contribution >= 4 is 10.0 Å². The molecule has 1 fully saturated rings. The Kier molecular flexibility index (Phi) is 6.19. The summed E-state index contributed by atoms with van der Waals surface area (Å²) in [7, 11) is -3.71. The van der Waals surface area contributed by atoms with Crippen molar-refractivity contribution < 1.29 is 18.3 Å². The minimum Gasteiger partial charge on any atom is -0.391 e. The number of aliphatic hydroxyl groups is 1. The maximum Gasteiger partial charge on any atom is 0.245 e. The first-order valence-electron chi connectivity index (χ1n) is 8.31. The van der Waals surface area contributed by atoms with Crippen LogP contribution < -0.4 is 0 Å². The predicted octanol–water partition coefficient (Wildman–Crippen LogP) is 2.67. The predicted molar refractivity (Wildman–Crippen MR) is 89.6 cm³/mol. The minimum absolute atomic E-state index is 0.253. The third kappa shape index (κ3) is 3.94. The molecule has 1 aromatic carbocycles. The second-order valence-corrected chi connectivity index (χ2v) is 7.90. The fourth-order valence-corrected chi connectivity index (χ4v) is 4.95. The van der Waals surface area contributed by atoms with Crippen LogP contribution in [0.3, 0.4) is 0 Å². The first-order valence-corrected chi connectivity index (χ1v) is 9.75. The molecule has 0 bridgehead atoms. The molecule has 1 saturated heterocycles. The lowest BCUT2D eigenvalue weighted by molar-refractivity contribution is -0.0928. The largest absolute Gasteiger partial charge is 0.391 e. The third-order valence-corrected chi connectivity index (χ3v) is 6.23. The molecule has 130 valence electrons. The van der Waals surface area contributed by atoms with Crippen LogP contribution in [0.25, 0.3) is 0 Å². The van der Waals surface area contributed by atoms with E-state index in [0.29, 0.717) is 25.9 Å². The standard InChI is InChI=1S/C17H27NO4S/c1-4-6-15-16(19)11-12-17(22-5-2)18(15)23(20,21)14-9-7-13(3)8-10-14/h7-10,15-17,19H,4-6,11-12H2,1-3H3/t15-,16?,17-/m0/s1. The van der Waals surface area contributed by atoms with E-state index in [4.69, 9.17) is 4.74 Å². The number of benzene rings is 1. The summed E-state index contributed by atoms with van der Waals surface area (Å²) in [6, 6.07) is 6.39. The molecule has 1 heterocycles. The highest BCUT2D eigenvalue weighted by Crippen LogP contribution is 2.33. The van der Waals surface area contributed by atoms with Gasteiger partial charge in [-0.15, -0.1) is 0 Å². The molecule has 0 radical (unpaired) electrons. The van der Waals surface area contributed by atoms with E-state index < -0.39 is 28.4 Å². The van der Waals surface area contributed by atoms with Gasteiger partial charge in [-0.05, 0) is 45.2 Å². The van der Waals surface area contributed by atoms with Crippen molar-refractivity contribution in [2.24, 2.45) is 0 Å². The third-order valence-electron chi connectivity index (χ3n) is 4.30. The highest BCUT2D eigenvalue weighted by molar-refractivity contribution is 7.89. The molecule has 0 saturated carbocycles. The van der Waals surface area contributed by atoms with Crippen LogP contribution in [0.15, 0.2) is 29.2 Å². The molecule has 0 aliphatic carbocycles. The van der Waals surface area contributed by atoms with Crippen LogP contribution in [0.2, 0.25) is 0 Å². The smallest absolute Gasteiger partial charge is 0.245 e. The van der Waals surface area contributed by atoms with E-state index in [1.165, 1.54) is 4.31 Å². The number of aryl methyl sites for hydroxylation is 1. The van der Waals surface area contributed by atoms with Crippen molar-refractivity contribution in [1.29, 1.82) is 0 Å². The quantitative estimate of drug-likeness (QED) is 0.864. The molecule has 1 aliphatic heterocycles. The fraction of sp³-hybridized carbons (Fsp3) is 0.647. The SMILES string of the molecule is CCC[C@H]1C(O)CC[C@H](OCC)N1S(=O)(=O)c1ccc(C)cc1. The van der Waals surface area contributed by atoms with Gasteiger partial charge in [0.2, 0.25) is 10.0 Å². The number of rotatable bonds is 6. The van der Waals surface area contributed by atoms with Gasteiger partial charge in [0.15, 0.2) is 0 Å². The summed E-state index contributed by atoms with van der Waals surface area (Å²) in [4.78, 5) is 0.253. The molecule has 0 aromatic heterocycles. The topological polar surface area (TPSA) is 66.8 Å². The Bertz CT molecular complexity index is 600. The Hall–Kier alpha value is -0.950. The maximum absolute atomic E-state index is 13.1. The van der Waals surface area contributed by atoms with Gasteiger partial charge < -0.3 is 9.84 Å². The molecule has 0 amide bonds. The van der Waals surface area contributed by atoms with Crippen LogP contribution >= 0.6 is 0 Å². The van der Waals surface area contributed by atoms with Gasteiger partial charge >= 0.3 is 0 Å². The number of sulfonamides is 1. The van der Waals surface area contributed by atoms with Crippen LogP contribution in [0, 0.1) is 6.92 Å². The molecular formula is C17H27NO4S. The molecular weight excluding hydrogens is 314 g/mol. The van der Waals surface area contributed by atoms with Gasteiger partial charge in [-0.3, -0.25) is 0 Å². The number of hydrogen-bond donors (Lipinski definition) is 1. The van der Waals surface area contributed by atoms with Gasteiger partial charge in [-0.2, -0.15) is 4.31 Å². The summed E-state index contributed by atoms with van der Waals surface area (Å²) in [5.41, 5.74) is 1.01. The Morgan fingerprint density at radius 3 is 2.43 bits per heavy atom. The summed E-state index contributed by atoms with van der Waals surface area (Å²) in [6.45, 7) is 6.22. The average Bonchev–Trinajstić information content (AvgIpc) is 2.51. The molecule has 6 heteroatoms. The lowest BCUT2D eigenvalue weighted by Crippen LogP contribution is -2.56. The number of ether oxygens (including phenoxy) is 1. The molecule has 0 spiro atoms. The lowest BCUT2D eigenvalue weighted by Gasteiger charge is -2.43. The zero-order chi connectivity index (χ0) is 17.0. The zero-order valence-corrected chi connectivity index (χ0v) is 14.9. The molecule has 1 aromatic rings. The molecule has 3 atom stereocenters. The molecule has 5 nitrogen and oxygen atoms in total. The normalized spacial score (nSPS) is 26.3. The molecule has 1 unspecified atom stereocenters. The second-order valence-electron chi connectivity index (χ2n) is 6.06. The lowest BCUT2D eigenvalue weighted by atomic mass is 9.96. The van der Waals surface area contributed by atoms with Gasteiger partial charge in [0.1, 0.15) is 6.23 Å². The molecule has 1 aliphatic rings. The average molecular weight is 341 g/mol. The van der Waals surface area contributed by atoms with Crippen molar-refractivity contribution in [1.82, 2.24) is 4.31 Å². The Morgan fingerprint density at radius 2 is 1.87 bits per heavy atom. The van der Waals surface area contributed by atoms with Crippen molar-refractivity contribution in [3.05, 3.63) is 29.8 Å². The Labute approximate surface area is 139 Å². The van der Waals surface area contributed by atoms with Crippen molar-refractivity contribution in [2.45, 2.75) is 69.7 Å². The molecule has 23 heavy (non-hydrogen) atoms. The van der Waals surface area contributed by atoms with E-state index in [1.807, 2.05) is 20.8 Å². The van der Waals surface area contributed by atoms with Crippen LogP contribution in [0.5, 0.6) is 0 Å². The monoisotopic (exact) mass is 341 g/mol. The summed E-state index contributed by atoms with van der Waals surface area (Å²) < 4.78 is 33.4. The number of aliphatic hydroxyl groups excluding tert-OH is 1. The zero-order valence-electron chi connectivity index (χ0n) is 14.1. The van der Waals surface area contributed by atoms with E-state index in [9.17, 15) is 13.5 Å². The number of nitrogens with zero attached hydrogens (tertiary/aromatic N) is 1. The molecule has 2 rings (SSSR count). The first-order chi connectivity index (χ1) is 10.9. The van der Waals surface area contributed by atoms with Gasteiger partial charge in [-0.1, -0.05) is 31.0 Å². The van der Waals surface area contributed by atoms with Gasteiger partial charge in [0, 0.05) is 6.61 Å². The van der Waals surface area contributed by atoms with E-state index in [0.717, 1.165) is 12.0 Å². The fourth-order valence-electron chi connectivity index (χ4n) is 3.15. The highest BCUT2D eigenvalue weighted by atomic mass is 32.2. The van der Waals surface area contributed by atoms with Crippen LogP contribution in [0.4, 0.5) is 0 Å². The Morgan fingerprint density at radius 1 is 1.22 bits per heavy atom. The maximum atomic E-state index is 13.1. The van der Waals surface area contributed by atoms with Crippen molar-refractivity contribution in [3.8, 4) is 0 Å². The van der Waals surface area contributed by atoms with E-state index in [-0.39, 0.29) is 4.90 Å². The van der Waals surface area contributed by atoms with Gasteiger partial charge in [0.05, 0.1) is 17.0 Å². The first kappa shape index (κ1) is 18.4. The highest BCUT2D eigenvalue weighted by Gasteiger charge is 2.43. The summed E-state index contributed by atoms with van der Waals surface area (Å²) >= 11 is 0. The second kappa shape index (κ2) is 7.75. The van der Waals surface area contributed by atoms with E-state index >= 15 is 0 Å². The number of piperidine rings is 1. The van der Waals surface area contributed by atoms with E-state index in [1.54, 1.807) is 24.3 Å². The van der Waals surface area contributed by atoms with E-state index in [2.05, 4.69) is 0 Å². The van der Waals surface area contributed by atoms with Crippen molar-refractivity contribution in [3.63, 3.8) is 0 Å². The number of hydrogen-bond acceptors (Lipinski definition) is 4. The van der Waals surface area contributed by atoms with Crippen LogP contribution in [-0.4, -0.2) is 42.8 Å². The molecule has 1 N–H and O–H groups in total. The van der Waals surface area contributed by atoms with Crippen LogP contribution in [-0.2, 0) is 14.8 Å². The summed E-state index contributed by atoms with van der Waals surface area (Å²) in [6.07, 6.45) is 1.35. The van der Waals surface area contributed by atoms with Gasteiger partial charge in [-0.25, -0.2) is 8.42 Å². The Balaban J connectivity index is 2.43. The summed E-state index contributed by atoms with van der Waals surface area (Å²) in [5, 5.41) is 10.3. The van der Waals surface area contributed by atoms with Crippen LogP contribution in [0.1, 0.15) is 45.1 Å². The summed E-state index contributed by atoms with van der Waals surface area (Å²) in [5.74, 6) is 0.